The highest BCUT2D eigenvalue weighted by Crippen LogP contribution is 2.28. The first-order valence-electron chi connectivity index (χ1n) is 6.22. The summed E-state index contributed by atoms with van der Waals surface area (Å²) in [4.78, 5) is 0.445. The lowest BCUT2D eigenvalue weighted by Crippen LogP contribution is -2.09. The summed E-state index contributed by atoms with van der Waals surface area (Å²) < 4.78 is 51.2. The fraction of sp³-hybridized carbons (Fsp3) is 0.200. The highest BCUT2D eigenvalue weighted by Gasteiger charge is 2.12. The number of halogens is 4. The Morgan fingerprint density at radius 3 is 2.29 bits per heavy atom. The van der Waals surface area contributed by atoms with E-state index in [1.54, 1.807) is 31.2 Å². The molecule has 0 radical (unpaired) electrons. The third-order valence-electron chi connectivity index (χ3n) is 2.89. The number of nitrogens with one attached hydrogen (secondary N) is 1. The number of benzene rings is 2. The molecule has 0 spiro atoms. The molecule has 0 saturated heterocycles. The molecule has 0 amide bonds. The standard InChI is InChI=1S/C15H13F4NS/c1-9(13-8-10(16)2-7-14(13)17)20-11-3-5-12(6-4-11)21-15(18)19/h2-9,15,20H,1H3. The lowest BCUT2D eigenvalue weighted by molar-refractivity contribution is 0.252. The van der Waals surface area contributed by atoms with Gasteiger partial charge >= 0.3 is 0 Å². The van der Waals surface area contributed by atoms with E-state index in [0.717, 1.165) is 18.2 Å². The van der Waals surface area contributed by atoms with E-state index in [-0.39, 0.29) is 5.56 Å². The molecule has 6 heteroatoms. The van der Waals surface area contributed by atoms with E-state index >= 15 is 0 Å². The Balaban J connectivity index is 2.08. The van der Waals surface area contributed by atoms with Crippen molar-refractivity contribution < 1.29 is 17.6 Å². The van der Waals surface area contributed by atoms with Crippen LogP contribution in [-0.4, -0.2) is 5.76 Å². The fourth-order valence-electron chi connectivity index (χ4n) is 1.91. The van der Waals surface area contributed by atoms with Gasteiger partial charge in [0.05, 0.1) is 6.04 Å². The monoisotopic (exact) mass is 315 g/mol. The molecule has 2 aromatic carbocycles. The van der Waals surface area contributed by atoms with Gasteiger partial charge in [-0.2, -0.15) is 8.78 Å². The molecule has 1 unspecified atom stereocenters. The zero-order chi connectivity index (χ0) is 15.4. The number of thioether (sulfide) groups is 1. The maximum atomic E-state index is 13.6. The summed E-state index contributed by atoms with van der Waals surface area (Å²) in [6, 6.07) is 9.16. The smallest absolute Gasteiger partial charge is 0.288 e. The molecule has 0 bridgehead atoms. The quantitative estimate of drug-likeness (QED) is 0.581. The van der Waals surface area contributed by atoms with Gasteiger partial charge in [0.15, 0.2) is 0 Å². The highest BCUT2D eigenvalue weighted by atomic mass is 32.2. The van der Waals surface area contributed by atoms with Gasteiger partial charge in [-0.05, 0) is 49.4 Å². The van der Waals surface area contributed by atoms with Crippen molar-refractivity contribution in [3.05, 3.63) is 59.7 Å². The van der Waals surface area contributed by atoms with Gasteiger partial charge < -0.3 is 5.32 Å². The average molecular weight is 315 g/mol. The van der Waals surface area contributed by atoms with Gasteiger partial charge in [-0.1, -0.05) is 11.8 Å². The molecule has 0 heterocycles. The maximum Gasteiger partial charge on any atom is 0.288 e. The van der Waals surface area contributed by atoms with E-state index in [1.165, 1.54) is 0 Å². The minimum atomic E-state index is -2.47. The molecule has 1 nitrogen and oxygen atoms in total. The van der Waals surface area contributed by atoms with Crippen molar-refractivity contribution in [3.8, 4) is 0 Å². The SMILES string of the molecule is CC(Nc1ccc(SC(F)F)cc1)c1cc(F)ccc1F. The normalized spacial score (nSPS) is 12.5. The Morgan fingerprint density at radius 1 is 1.00 bits per heavy atom. The van der Waals surface area contributed by atoms with Crippen molar-refractivity contribution >= 4 is 17.4 Å². The first-order chi connectivity index (χ1) is 9.95. The predicted octanol–water partition coefficient (Wildman–Crippen LogP) is 5.45. The van der Waals surface area contributed by atoms with Crippen molar-refractivity contribution in [2.75, 3.05) is 5.32 Å². The van der Waals surface area contributed by atoms with Crippen molar-refractivity contribution in [1.29, 1.82) is 0 Å². The molecule has 0 aromatic heterocycles. The summed E-state index contributed by atoms with van der Waals surface area (Å²) in [6.07, 6.45) is 0. The first-order valence-corrected chi connectivity index (χ1v) is 7.10. The largest absolute Gasteiger partial charge is 0.378 e. The van der Waals surface area contributed by atoms with Gasteiger partial charge in [0, 0.05) is 16.1 Å². The minimum absolute atomic E-state index is 0.209. The van der Waals surface area contributed by atoms with Crippen LogP contribution in [0.2, 0.25) is 0 Å². The van der Waals surface area contributed by atoms with Crippen LogP contribution in [0, 0.1) is 11.6 Å². The summed E-state index contributed by atoms with van der Waals surface area (Å²) >= 11 is 0.456. The summed E-state index contributed by atoms with van der Waals surface area (Å²) in [5, 5.41) is 3.00. The zero-order valence-electron chi connectivity index (χ0n) is 11.1. The van der Waals surface area contributed by atoms with Gasteiger partial charge in [-0.15, -0.1) is 0 Å². The van der Waals surface area contributed by atoms with Crippen LogP contribution in [0.15, 0.2) is 47.4 Å². The van der Waals surface area contributed by atoms with Crippen LogP contribution >= 0.6 is 11.8 Å². The van der Waals surface area contributed by atoms with Crippen LogP contribution in [0.5, 0.6) is 0 Å². The van der Waals surface area contributed by atoms with Crippen LogP contribution < -0.4 is 5.32 Å². The van der Waals surface area contributed by atoms with E-state index in [9.17, 15) is 17.6 Å². The second kappa shape index (κ2) is 6.85. The molecule has 0 aliphatic heterocycles. The minimum Gasteiger partial charge on any atom is -0.378 e. The van der Waals surface area contributed by atoms with E-state index in [1.807, 2.05) is 0 Å². The zero-order valence-corrected chi connectivity index (χ0v) is 11.9. The third-order valence-corrected chi connectivity index (χ3v) is 3.61. The molecule has 2 rings (SSSR count). The summed E-state index contributed by atoms with van der Waals surface area (Å²) in [7, 11) is 0. The van der Waals surface area contributed by atoms with Crippen molar-refractivity contribution in [1.82, 2.24) is 0 Å². The Hall–Kier alpha value is -1.69. The number of anilines is 1. The van der Waals surface area contributed by atoms with Crippen molar-refractivity contribution in [2.45, 2.75) is 23.6 Å². The average Bonchev–Trinajstić information content (AvgIpc) is 2.43. The van der Waals surface area contributed by atoms with Gasteiger partial charge in [0.25, 0.3) is 5.76 Å². The maximum absolute atomic E-state index is 13.6. The summed E-state index contributed by atoms with van der Waals surface area (Å²) in [5.74, 6) is -3.48. The molecule has 0 fully saturated rings. The van der Waals surface area contributed by atoms with Gasteiger partial charge in [0.1, 0.15) is 11.6 Å². The molecule has 0 aliphatic carbocycles. The number of rotatable bonds is 5. The van der Waals surface area contributed by atoms with Crippen LogP contribution in [0.3, 0.4) is 0 Å². The Bertz CT molecular complexity index is 601. The second-order valence-corrected chi connectivity index (χ2v) is 5.50. The van der Waals surface area contributed by atoms with Crippen LogP contribution in [0.4, 0.5) is 23.2 Å². The Morgan fingerprint density at radius 2 is 1.67 bits per heavy atom. The molecule has 0 aliphatic rings. The number of hydrogen-bond donors (Lipinski definition) is 1. The van der Waals surface area contributed by atoms with Gasteiger partial charge in [-0.25, -0.2) is 8.78 Å². The second-order valence-electron chi connectivity index (χ2n) is 4.43. The predicted molar refractivity (Wildman–Crippen MR) is 76.7 cm³/mol. The lowest BCUT2D eigenvalue weighted by Gasteiger charge is -2.16. The molecule has 1 N–H and O–H groups in total. The lowest BCUT2D eigenvalue weighted by atomic mass is 10.1. The van der Waals surface area contributed by atoms with Gasteiger partial charge in [0.2, 0.25) is 0 Å². The Labute approximate surface area is 124 Å². The molecule has 0 saturated carbocycles. The summed E-state index contributed by atoms with van der Waals surface area (Å²) in [5.41, 5.74) is 0.853. The summed E-state index contributed by atoms with van der Waals surface area (Å²) in [6.45, 7) is 1.69. The van der Waals surface area contributed by atoms with E-state index in [0.29, 0.717) is 22.3 Å². The molecular formula is C15H13F4NS. The van der Waals surface area contributed by atoms with E-state index in [2.05, 4.69) is 5.32 Å². The topological polar surface area (TPSA) is 12.0 Å². The molecule has 112 valence electrons. The van der Waals surface area contributed by atoms with E-state index < -0.39 is 23.4 Å². The fourth-order valence-corrected chi connectivity index (χ4v) is 2.41. The Kier molecular flexibility index (Phi) is 5.12. The molecule has 1 atom stereocenters. The third kappa shape index (κ3) is 4.39. The van der Waals surface area contributed by atoms with Crippen LogP contribution in [-0.2, 0) is 0 Å². The van der Waals surface area contributed by atoms with Crippen molar-refractivity contribution in [2.24, 2.45) is 0 Å². The van der Waals surface area contributed by atoms with Gasteiger partial charge in [-0.3, -0.25) is 0 Å². The molecule has 2 aromatic rings. The van der Waals surface area contributed by atoms with Crippen molar-refractivity contribution in [3.63, 3.8) is 0 Å². The highest BCUT2D eigenvalue weighted by molar-refractivity contribution is 7.99. The number of hydrogen-bond acceptors (Lipinski definition) is 2. The number of alkyl halides is 2. The van der Waals surface area contributed by atoms with Crippen LogP contribution in [0.25, 0.3) is 0 Å². The molecule has 21 heavy (non-hydrogen) atoms. The van der Waals surface area contributed by atoms with Crippen LogP contribution in [0.1, 0.15) is 18.5 Å². The molecular weight excluding hydrogens is 302 g/mol. The first kappa shape index (κ1) is 15.7. The van der Waals surface area contributed by atoms with E-state index in [4.69, 9.17) is 0 Å².